The third-order valence-electron chi connectivity index (χ3n) is 4.08. The molecule has 0 aliphatic carbocycles. The van der Waals surface area contributed by atoms with Gasteiger partial charge in [-0.05, 0) is 19.2 Å². The third kappa shape index (κ3) is 4.01. The Morgan fingerprint density at radius 2 is 2.26 bits per heavy atom. The number of aromatic nitrogens is 2. The van der Waals surface area contributed by atoms with Gasteiger partial charge in [0.15, 0.2) is 0 Å². The lowest BCUT2D eigenvalue weighted by atomic mass is 10.1. The molecule has 126 valence electrons. The van der Waals surface area contributed by atoms with Crippen molar-refractivity contribution in [1.82, 2.24) is 18.8 Å². The molecule has 8 heteroatoms. The van der Waals surface area contributed by atoms with Crippen LogP contribution in [0.2, 0.25) is 0 Å². The van der Waals surface area contributed by atoms with Crippen molar-refractivity contribution in [2.75, 3.05) is 26.4 Å². The van der Waals surface area contributed by atoms with E-state index in [9.17, 15) is 8.42 Å². The van der Waals surface area contributed by atoms with Gasteiger partial charge in [-0.2, -0.15) is 4.31 Å². The standard InChI is InChI=1S/C15H22N4O3S/c1-17(11-14-4-3-7-22-14)8-13-9-18-6-5-16-15(18)12-19(10-13)23(2,20)21/h3-7,13H,8-12H2,1-2H3. The molecule has 0 saturated heterocycles. The van der Waals surface area contributed by atoms with Crippen molar-refractivity contribution in [3.8, 4) is 0 Å². The molecule has 0 radical (unpaired) electrons. The van der Waals surface area contributed by atoms with Crippen molar-refractivity contribution in [3.05, 3.63) is 42.4 Å². The molecule has 0 fully saturated rings. The molecule has 0 spiro atoms. The molecule has 3 heterocycles. The van der Waals surface area contributed by atoms with E-state index < -0.39 is 10.0 Å². The Balaban J connectivity index is 1.73. The Bertz CT molecular complexity index is 739. The van der Waals surface area contributed by atoms with Crippen molar-refractivity contribution in [2.24, 2.45) is 5.92 Å². The van der Waals surface area contributed by atoms with Crippen LogP contribution in [0.1, 0.15) is 11.6 Å². The number of fused-ring (bicyclic) bond motifs is 1. The summed E-state index contributed by atoms with van der Waals surface area (Å²) in [6.07, 6.45) is 6.57. The maximum absolute atomic E-state index is 12.0. The number of imidazole rings is 1. The summed E-state index contributed by atoms with van der Waals surface area (Å²) in [7, 11) is -1.22. The predicted octanol–water partition coefficient (Wildman–Crippen LogP) is 0.999. The molecule has 23 heavy (non-hydrogen) atoms. The smallest absolute Gasteiger partial charge is 0.211 e. The highest BCUT2D eigenvalue weighted by molar-refractivity contribution is 7.88. The van der Waals surface area contributed by atoms with Gasteiger partial charge in [0.05, 0.1) is 25.6 Å². The van der Waals surface area contributed by atoms with Gasteiger partial charge in [-0.1, -0.05) is 0 Å². The minimum absolute atomic E-state index is 0.195. The van der Waals surface area contributed by atoms with E-state index in [1.807, 2.05) is 25.4 Å². The molecular formula is C15H22N4O3S. The van der Waals surface area contributed by atoms with Gasteiger partial charge < -0.3 is 8.98 Å². The van der Waals surface area contributed by atoms with Crippen LogP contribution in [0.25, 0.3) is 0 Å². The van der Waals surface area contributed by atoms with Crippen LogP contribution < -0.4 is 0 Å². The van der Waals surface area contributed by atoms with E-state index in [2.05, 4.69) is 14.5 Å². The van der Waals surface area contributed by atoms with Crippen molar-refractivity contribution >= 4 is 10.0 Å². The minimum Gasteiger partial charge on any atom is -0.468 e. The van der Waals surface area contributed by atoms with Crippen molar-refractivity contribution in [3.63, 3.8) is 0 Å². The van der Waals surface area contributed by atoms with E-state index in [4.69, 9.17) is 4.42 Å². The van der Waals surface area contributed by atoms with E-state index in [1.165, 1.54) is 10.6 Å². The quantitative estimate of drug-likeness (QED) is 0.813. The van der Waals surface area contributed by atoms with Gasteiger partial charge in [0.2, 0.25) is 10.0 Å². The molecule has 2 aromatic rings. The maximum Gasteiger partial charge on any atom is 0.211 e. The molecule has 2 aromatic heterocycles. The molecule has 1 aliphatic rings. The zero-order chi connectivity index (χ0) is 16.4. The van der Waals surface area contributed by atoms with Crippen LogP contribution in [-0.2, 0) is 29.7 Å². The summed E-state index contributed by atoms with van der Waals surface area (Å²) in [5.41, 5.74) is 0. The molecule has 0 bridgehead atoms. The van der Waals surface area contributed by atoms with Crippen LogP contribution >= 0.6 is 0 Å². The van der Waals surface area contributed by atoms with Crippen molar-refractivity contribution in [2.45, 2.75) is 19.6 Å². The number of rotatable bonds is 5. The lowest BCUT2D eigenvalue weighted by Gasteiger charge is -2.25. The van der Waals surface area contributed by atoms with E-state index in [1.54, 1.807) is 12.5 Å². The fourth-order valence-corrected chi connectivity index (χ4v) is 3.88. The van der Waals surface area contributed by atoms with Gasteiger partial charge in [-0.25, -0.2) is 13.4 Å². The second kappa shape index (κ2) is 6.46. The summed E-state index contributed by atoms with van der Waals surface area (Å²) in [5.74, 6) is 1.90. The van der Waals surface area contributed by atoms with Gasteiger partial charge >= 0.3 is 0 Å². The van der Waals surface area contributed by atoms with Crippen molar-refractivity contribution in [1.29, 1.82) is 0 Å². The van der Waals surface area contributed by atoms with E-state index in [-0.39, 0.29) is 5.92 Å². The highest BCUT2D eigenvalue weighted by Crippen LogP contribution is 2.19. The molecule has 0 saturated carbocycles. The summed E-state index contributed by atoms with van der Waals surface area (Å²) in [6, 6.07) is 3.82. The molecule has 0 aromatic carbocycles. The maximum atomic E-state index is 12.0. The fourth-order valence-electron chi connectivity index (χ4n) is 3.05. The monoisotopic (exact) mass is 338 g/mol. The predicted molar refractivity (Wildman–Crippen MR) is 86.0 cm³/mol. The molecule has 1 aliphatic heterocycles. The van der Waals surface area contributed by atoms with Crippen LogP contribution in [0.3, 0.4) is 0 Å². The zero-order valence-corrected chi connectivity index (χ0v) is 14.2. The average molecular weight is 338 g/mol. The first-order valence-electron chi connectivity index (χ1n) is 7.58. The van der Waals surface area contributed by atoms with Crippen LogP contribution in [0.15, 0.2) is 35.2 Å². The number of hydrogen-bond acceptors (Lipinski definition) is 5. The second-order valence-corrected chi connectivity index (χ2v) is 8.18. The Morgan fingerprint density at radius 1 is 1.43 bits per heavy atom. The lowest BCUT2D eigenvalue weighted by Crippen LogP contribution is -2.37. The highest BCUT2D eigenvalue weighted by atomic mass is 32.2. The molecule has 3 rings (SSSR count). The van der Waals surface area contributed by atoms with Gasteiger partial charge in [0, 0.05) is 37.9 Å². The molecule has 0 amide bonds. The highest BCUT2D eigenvalue weighted by Gasteiger charge is 2.28. The van der Waals surface area contributed by atoms with Crippen LogP contribution in [0.5, 0.6) is 0 Å². The first-order valence-corrected chi connectivity index (χ1v) is 9.42. The number of nitrogens with zero attached hydrogens (tertiary/aromatic N) is 4. The third-order valence-corrected chi connectivity index (χ3v) is 5.30. The topological polar surface area (TPSA) is 71.6 Å². The van der Waals surface area contributed by atoms with Crippen molar-refractivity contribution < 1.29 is 12.8 Å². The Labute approximate surface area is 136 Å². The van der Waals surface area contributed by atoms with E-state index in [0.717, 1.165) is 24.7 Å². The first kappa shape index (κ1) is 16.2. The van der Waals surface area contributed by atoms with Gasteiger partial charge in [0.25, 0.3) is 0 Å². The first-order chi connectivity index (χ1) is 10.9. The van der Waals surface area contributed by atoms with E-state index >= 15 is 0 Å². The zero-order valence-electron chi connectivity index (χ0n) is 13.4. The lowest BCUT2D eigenvalue weighted by molar-refractivity contribution is 0.219. The summed E-state index contributed by atoms with van der Waals surface area (Å²) >= 11 is 0. The van der Waals surface area contributed by atoms with Crippen LogP contribution in [0.4, 0.5) is 0 Å². The number of hydrogen-bond donors (Lipinski definition) is 0. The SMILES string of the molecule is CN(Cc1ccco1)CC1CN(S(C)(=O)=O)Cc2nccn2C1. The van der Waals surface area contributed by atoms with Gasteiger partial charge in [-0.15, -0.1) is 0 Å². The summed E-state index contributed by atoms with van der Waals surface area (Å²) in [6.45, 7) is 3.10. The molecule has 0 N–H and O–H groups in total. The minimum atomic E-state index is -3.25. The van der Waals surface area contributed by atoms with Crippen LogP contribution in [0, 0.1) is 5.92 Å². The normalized spacial score (nSPS) is 19.7. The van der Waals surface area contributed by atoms with Gasteiger partial charge in [0.1, 0.15) is 11.6 Å². The molecule has 1 unspecified atom stereocenters. The number of sulfonamides is 1. The largest absolute Gasteiger partial charge is 0.468 e. The molecular weight excluding hydrogens is 316 g/mol. The number of furan rings is 1. The Hall–Kier alpha value is -1.64. The van der Waals surface area contributed by atoms with Crippen LogP contribution in [-0.4, -0.2) is 53.6 Å². The van der Waals surface area contributed by atoms with Gasteiger partial charge in [-0.3, -0.25) is 4.90 Å². The average Bonchev–Trinajstić information content (AvgIpc) is 3.06. The molecule has 1 atom stereocenters. The summed E-state index contributed by atoms with van der Waals surface area (Å²) < 4.78 is 33.0. The Kier molecular flexibility index (Phi) is 4.56. The fraction of sp³-hybridized carbons (Fsp3) is 0.533. The summed E-state index contributed by atoms with van der Waals surface area (Å²) in [4.78, 5) is 6.44. The van der Waals surface area contributed by atoms with E-state index in [0.29, 0.717) is 19.6 Å². The second-order valence-electron chi connectivity index (χ2n) is 6.19. The molecule has 7 nitrogen and oxygen atoms in total. The summed E-state index contributed by atoms with van der Waals surface area (Å²) in [5, 5.41) is 0. The Morgan fingerprint density at radius 3 is 2.96 bits per heavy atom.